The van der Waals surface area contributed by atoms with Crippen LogP contribution in [0.2, 0.25) is 0 Å². The van der Waals surface area contributed by atoms with Crippen molar-refractivity contribution in [2.75, 3.05) is 25.0 Å². The van der Waals surface area contributed by atoms with E-state index in [1.807, 2.05) is 6.20 Å². The van der Waals surface area contributed by atoms with E-state index in [1.165, 1.54) is 37.8 Å². The van der Waals surface area contributed by atoms with Crippen LogP contribution in [0.4, 0.5) is 5.69 Å². The molecule has 2 fully saturated rings. The molecule has 4 nitrogen and oxygen atoms in total. The second kappa shape index (κ2) is 5.80. The zero-order chi connectivity index (χ0) is 13.2. The predicted molar refractivity (Wildman–Crippen MR) is 80.8 cm³/mol. The van der Waals surface area contributed by atoms with Crippen molar-refractivity contribution in [2.24, 2.45) is 0 Å². The van der Waals surface area contributed by atoms with E-state index in [9.17, 15) is 0 Å². The summed E-state index contributed by atoms with van der Waals surface area (Å²) in [6, 6.07) is 3.71. The van der Waals surface area contributed by atoms with Gasteiger partial charge in [-0.1, -0.05) is 0 Å². The van der Waals surface area contributed by atoms with Crippen molar-refractivity contribution in [2.45, 2.75) is 44.2 Å². The first-order chi connectivity index (χ1) is 9.24. The first-order valence-corrected chi connectivity index (χ1v) is 8.50. The average Bonchev–Trinajstić information content (AvgIpc) is 3.10. The van der Waals surface area contributed by atoms with Crippen LogP contribution in [0.5, 0.6) is 0 Å². The SMILES string of the molecule is CN(C1CCCC1)[C@H]1CCN(c2cnnc([AsH2])c2)C1. The van der Waals surface area contributed by atoms with Crippen LogP contribution in [-0.2, 0) is 0 Å². The molecule has 1 aromatic heterocycles. The minimum absolute atomic E-state index is 0.710. The first-order valence-electron chi connectivity index (χ1n) is 7.29. The van der Waals surface area contributed by atoms with Gasteiger partial charge in [0, 0.05) is 0 Å². The van der Waals surface area contributed by atoms with Crippen molar-refractivity contribution in [3.8, 4) is 0 Å². The minimum atomic E-state index is 0.710. The maximum atomic E-state index is 4.09. The van der Waals surface area contributed by atoms with Crippen LogP contribution in [0.3, 0.4) is 0 Å². The van der Waals surface area contributed by atoms with Crippen LogP contribution in [0.15, 0.2) is 12.3 Å². The molecule has 2 heterocycles. The second-order valence-corrected chi connectivity index (χ2v) is 7.07. The first kappa shape index (κ1) is 13.4. The molecule has 0 spiro atoms. The molecule has 19 heavy (non-hydrogen) atoms. The van der Waals surface area contributed by atoms with Crippen LogP contribution in [0, 0.1) is 0 Å². The van der Waals surface area contributed by atoms with Gasteiger partial charge in [0.1, 0.15) is 0 Å². The van der Waals surface area contributed by atoms with E-state index in [1.54, 1.807) is 16.9 Å². The third-order valence-electron chi connectivity index (χ3n) is 4.66. The van der Waals surface area contributed by atoms with Gasteiger partial charge in [-0.25, -0.2) is 0 Å². The third-order valence-corrected chi connectivity index (χ3v) is 5.26. The second-order valence-electron chi connectivity index (χ2n) is 5.83. The Hall–Kier alpha value is -0.602. The van der Waals surface area contributed by atoms with Crippen LogP contribution < -0.4 is 9.38 Å². The fourth-order valence-electron chi connectivity index (χ4n) is 3.46. The molecule has 104 valence electrons. The van der Waals surface area contributed by atoms with Crippen molar-refractivity contribution >= 4 is 27.0 Å². The normalized spacial score (nSPS) is 24.6. The van der Waals surface area contributed by atoms with Gasteiger partial charge >= 0.3 is 124 Å². The standard InChI is InChI=1S/C14H23AsN4/c1-18(11-4-2-3-5-11)12-6-7-19(10-12)13-8-14(15)17-16-9-13/h8-9,11-12H,2-7,10,15H2,1H3/t12-/m0/s1. The fraction of sp³-hybridized carbons (Fsp3) is 0.714. The summed E-state index contributed by atoms with van der Waals surface area (Å²) in [5, 5.41) is 8.16. The Labute approximate surface area is 124 Å². The Bertz CT molecular complexity index is 433. The van der Waals surface area contributed by atoms with E-state index >= 15 is 0 Å². The Morgan fingerprint density at radius 2 is 2.05 bits per heavy atom. The zero-order valence-electron chi connectivity index (χ0n) is 11.6. The third kappa shape index (κ3) is 2.95. The molecule has 1 saturated heterocycles. The zero-order valence-corrected chi connectivity index (χ0v) is 14.0. The summed E-state index contributed by atoms with van der Waals surface area (Å²) < 4.78 is 1.07. The molecule has 0 N–H and O–H groups in total. The average molecular weight is 322 g/mol. The number of nitrogens with zero attached hydrogens (tertiary/aromatic N) is 4. The summed E-state index contributed by atoms with van der Waals surface area (Å²) >= 11 is 1.55. The number of hydrogen-bond donors (Lipinski definition) is 0. The summed E-state index contributed by atoms with van der Waals surface area (Å²) in [7, 11) is 2.32. The quantitative estimate of drug-likeness (QED) is 0.744. The van der Waals surface area contributed by atoms with Crippen molar-refractivity contribution < 1.29 is 0 Å². The number of hydrogen-bond acceptors (Lipinski definition) is 4. The van der Waals surface area contributed by atoms with Crippen molar-refractivity contribution in [3.05, 3.63) is 12.3 Å². The molecular formula is C14H23AsN4. The fourth-order valence-corrected chi connectivity index (χ4v) is 3.96. The van der Waals surface area contributed by atoms with E-state index in [4.69, 9.17) is 0 Å². The Kier molecular flexibility index (Phi) is 4.09. The van der Waals surface area contributed by atoms with Gasteiger partial charge in [0.25, 0.3) is 0 Å². The monoisotopic (exact) mass is 322 g/mol. The van der Waals surface area contributed by atoms with Gasteiger partial charge in [0.05, 0.1) is 0 Å². The summed E-state index contributed by atoms with van der Waals surface area (Å²) in [5.41, 5.74) is 1.25. The van der Waals surface area contributed by atoms with Crippen LogP contribution in [0.25, 0.3) is 0 Å². The molecule has 1 aliphatic carbocycles. The summed E-state index contributed by atoms with van der Waals surface area (Å²) in [5.74, 6) is 0. The van der Waals surface area contributed by atoms with Gasteiger partial charge in [-0.15, -0.1) is 0 Å². The Morgan fingerprint density at radius 3 is 2.79 bits per heavy atom. The summed E-state index contributed by atoms with van der Waals surface area (Å²) in [6.45, 7) is 2.30. The van der Waals surface area contributed by atoms with Crippen LogP contribution in [0.1, 0.15) is 32.1 Å². The number of anilines is 1. The van der Waals surface area contributed by atoms with E-state index in [2.05, 4.69) is 33.1 Å². The van der Waals surface area contributed by atoms with Gasteiger partial charge in [0.2, 0.25) is 0 Å². The molecule has 2 atom stereocenters. The molecule has 0 amide bonds. The van der Waals surface area contributed by atoms with Crippen LogP contribution in [-0.4, -0.2) is 64.2 Å². The summed E-state index contributed by atoms with van der Waals surface area (Å²) in [6.07, 6.45) is 8.80. The topological polar surface area (TPSA) is 32.3 Å². The van der Waals surface area contributed by atoms with Gasteiger partial charge in [0.15, 0.2) is 0 Å². The number of rotatable bonds is 3. The molecule has 0 aromatic carbocycles. The van der Waals surface area contributed by atoms with E-state index in [0.717, 1.165) is 23.6 Å². The molecule has 3 rings (SSSR count). The molecule has 5 heteroatoms. The van der Waals surface area contributed by atoms with Gasteiger partial charge in [-0.3, -0.25) is 0 Å². The Balaban J connectivity index is 1.63. The molecule has 0 radical (unpaired) electrons. The van der Waals surface area contributed by atoms with Gasteiger partial charge < -0.3 is 0 Å². The maximum absolute atomic E-state index is 4.09. The molecule has 2 aliphatic rings. The van der Waals surface area contributed by atoms with Gasteiger partial charge in [-0.2, -0.15) is 0 Å². The van der Waals surface area contributed by atoms with E-state index < -0.39 is 0 Å². The van der Waals surface area contributed by atoms with Crippen molar-refractivity contribution in [1.82, 2.24) is 15.1 Å². The van der Waals surface area contributed by atoms with Crippen molar-refractivity contribution in [1.29, 1.82) is 0 Å². The van der Waals surface area contributed by atoms with E-state index in [-0.39, 0.29) is 0 Å². The molecule has 0 bridgehead atoms. The number of likely N-dealkylation sites (N-methyl/N-ethyl adjacent to an activating group) is 1. The molecule has 1 aromatic rings. The molecule has 1 unspecified atom stereocenters. The summed E-state index contributed by atoms with van der Waals surface area (Å²) in [4.78, 5) is 5.10. The molecular weight excluding hydrogens is 299 g/mol. The van der Waals surface area contributed by atoms with Crippen molar-refractivity contribution in [3.63, 3.8) is 0 Å². The Morgan fingerprint density at radius 1 is 1.26 bits per heavy atom. The van der Waals surface area contributed by atoms with E-state index in [0.29, 0.717) is 6.04 Å². The molecule has 1 aliphatic heterocycles. The predicted octanol–water partition coefficient (Wildman–Crippen LogP) is 0.188. The number of aromatic nitrogens is 2. The van der Waals surface area contributed by atoms with Gasteiger partial charge in [-0.05, 0) is 0 Å². The molecule has 1 saturated carbocycles. The van der Waals surface area contributed by atoms with Crippen LogP contribution >= 0.6 is 0 Å².